The van der Waals surface area contributed by atoms with Gasteiger partial charge in [-0.2, -0.15) is 4.98 Å². The molecule has 1 aromatic carbocycles. The van der Waals surface area contributed by atoms with Crippen LogP contribution in [-0.4, -0.2) is 36.0 Å². The van der Waals surface area contributed by atoms with Gasteiger partial charge in [0, 0.05) is 19.0 Å². The molecule has 0 bridgehead atoms. The van der Waals surface area contributed by atoms with E-state index in [1.165, 1.54) is 0 Å². The third-order valence-electron chi connectivity index (χ3n) is 3.04. The smallest absolute Gasteiger partial charge is 0.236 e. The van der Waals surface area contributed by atoms with Gasteiger partial charge in [-0.25, -0.2) is 4.98 Å². The predicted octanol–water partition coefficient (Wildman–Crippen LogP) is 1.62. The lowest BCUT2D eigenvalue weighted by atomic mass is 10.1. The molecule has 1 amide bonds. The minimum atomic E-state index is -0.371. The highest BCUT2D eigenvalue weighted by Gasteiger charge is 2.17. The second-order valence-electron chi connectivity index (χ2n) is 5.38. The van der Waals surface area contributed by atoms with Crippen LogP contribution in [0.2, 0.25) is 0 Å². The summed E-state index contributed by atoms with van der Waals surface area (Å²) in [5, 5.41) is 3.87. The van der Waals surface area contributed by atoms with Gasteiger partial charge in [0.1, 0.15) is 5.82 Å². The van der Waals surface area contributed by atoms with Gasteiger partial charge in [0.25, 0.3) is 0 Å². The van der Waals surface area contributed by atoms with E-state index in [0.29, 0.717) is 18.4 Å². The number of rotatable bonds is 6. The van der Waals surface area contributed by atoms with Crippen molar-refractivity contribution in [1.29, 1.82) is 0 Å². The van der Waals surface area contributed by atoms with Gasteiger partial charge < -0.3 is 16.0 Å². The van der Waals surface area contributed by atoms with Crippen LogP contribution in [0.4, 0.5) is 11.8 Å². The maximum Gasteiger partial charge on any atom is 0.236 e. The number of hydrogen-bond donors (Lipinski definition) is 2. The molecule has 21 heavy (non-hydrogen) atoms. The molecule has 0 saturated heterocycles. The largest absolute Gasteiger partial charge is 0.368 e. The van der Waals surface area contributed by atoms with Crippen molar-refractivity contribution in [1.82, 2.24) is 9.97 Å². The van der Waals surface area contributed by atoms with Crippen LogP contribution in [-0.2, 0) is 4.79 Å². The topological polar surface area (TPSA) is 84.1 Å². The van der Waals surface area contributed by atoms with Crippen molar-refractivity contribution < 1.29 is 4.79 Å². The van der Waals surface area contributed by atoms with Crippen LogP contribution < -0.4 is 16.0 Å². The molecule has 2 rings (SSSR count). The lowest BCUT2D eigenvalue weighted by Gasteiger charge is -2.25. The van der Waals surface area contributed by atoms with E-state index in [-0.39, 0.29) is 12.5 Å². The van der Waals surface area contributed by atoms with Gasteiger partial charge in [-0.1, -0.05) is 26.0 Å². The normalized spacial score (nSPS) is 10.9. The van der Waals surface area contributed by atoms with E-state index in [2.05, 4.69) is 29.1 Å². The molecule has 1 heterocycles. The Morgan fingerprint density at radius 1 is 1.33 bits per heavy atom. The van der Waals surface area contributed by atoms with Crippen molar-refractivity contribution in [2.24, 2.45) is 11.7 Å². The number of anilines is 2. The van der Waals surface area contributed by atoms with Gasteiger partial charge >= 0.3 is 0 Å². The number of nitrogens with zero attached hydrogens (tertiary/aromatic N) is 3. The Kier molecular flexibility index (Phi) is 4.57. The van der Waals surface area contributed by atoms with Crippen molar-refractivity contribution in [3.8, 4) is 0 Å². The number of nitrogens with two attached hydrogens (primary N) is 1. The molecule has 0 unspecified atom stereocenters. The maximum atomic E-state index is 11.4. The Balaban J connectivity index is 2.56. The number of fused-ring (bicyclic) bond motifs is 1. The fourth-order valence-corrected chi connectivity index (χ4v) is 2.27. The predicted molar refractivity (Wildman–Crippen MR) is 85.3 cm³/mol. The van der Waals surface area contributed by atoms with Crippen LogP contribution >= 0.6 is 0 Å². The summed E-state index contributed by atoms with van der Waals surface area (Å²) in [6.07, 6.45) is 0. The Bertz CT molecular complexity index is 641. The van der Waals surface area contributed by atoms with E-state index in [1.54, 1.807) is 7.05 Å². The van der Waals surface area contributed by atoms with Gasteiger partial charge in [-0.05, 0) is 18.1 Å². The van der Waals surface area contributed by atoms with E-state index in [4.69, 9.17) is 5.73 Å². The highest BCUT2D eigenvalue weighted by molar-refractivity contribution is 5.92. The zero-order chi connectivity index (χ0) is 15.4. The van der Waals surface area contributed by atoms with Gasteiger partial charge in [-0.15, -0.1) is 0 Å². The quantitative estimate of drug-likeness (QED) is 0.843. The van der Waals surface area contributed by atoms with Gasteiger partial charge in [0.05, 0.1) is 12.1 Å². The molecule has 6 nitrogen and oxygen atoms in total. The summed E-state index contributed by atoms with van der Waals surface area (Å²) in [6.45, 7) is 5.03. The van der Waals surface area contributed by atoms with E-state index in [1.807, 2.05) is 29.2 Å². The summed E-state index contributed by atoms with van der Waals surface area (Å²) in [7, 11) is 1.77. The van der Waals surface area contributed by atoms with Crippen LogP contribution in [0.3, 0.4) is 0 Å². The number of hydrogen-bond acceptors (Lipinski definition) is 5. The molecule has 0 aliphatic heterocycles. The molecule has 0 radical (unpaired) electrons. The molecule has 6 heteroatoms. The first-order valence-corrected chi connectivity index (χ1v) is 6.99. The first-order chi connectivity index (χ1) is 10.0. The number of aromatic nitrogens is 2. The lowest BCUT2D eigenvalue weighted by molar-refractivity contribution is -0.116. The SMILES string of the molecule is CNc1nc(N(CC(N)=O)CC(C)C)c2ccccc2n1. The maximum absolute atomic E-state index is 11.4. The number of benzene rings is 1. The van der Waals surface area contributed by atoms with Crippen molar-refractivity contribution in [2.75, 3.05) is 30.4 Å². The number of carbonyl (C=O) groups excluding carboxylic acids is 1. The second kappa shape index (κ2) is 6.39. The minimum absolute atomic E-state index is 0.141. The molecular formula is C15H21N5O. The number of para-hydroxylation sites is 1. The highest BCUT2D eigenvalue weighted by Crippen LogP contribution is 2.25. The van der Waals surface area contributed by atoms with Crippen LogP contribution in [0.5, 0.6) is 0 Å². The molecule has 0 atom stereocenters. The third-order valence-corrected chi connectivity index (χ3v) is 3.04. The second-order valence-corrected chi connectivity index (χ2v) is 5.38. The average Bonchev–Trinajstić information content (AvgIpc) is 2.44. The molecular weight excluding hydrogens is 266 g/mol. The number of amides is 1. The molecule has 112 valence electrons. The van der Waals surface area contributed by atoms with Crippen LogP contribution in [0.15, 0.2) is 24.3 Å². The first kappa shape index (κ1) is 15.0. The van der Waals surface area contributed by atoms with Crippen LogP contribution in [0.1, 0.15) is 13.8 Å². The molecule has 0 spiro atoms. The Morgan fingerprint density at radius 2 is 2.05 bits per heavy atom. The van der Waals surface area contributed by atoms with Gasteiger partial charge in [0.15, 0.2) is 0 Å². The van der Waals surface area contributed by atoms with Crippen molar-refractivity contribution in [3.63, 3.8) is 0 Å². The molecule has 3 N–H and O–H groups in total. The Morgan fingerprint density at radius 3 is 2.67 bits per heavy atom. The minimum Gasteiger partial charge on any atom is -0.368 e. The summed E-state index contributed by atoms with van der Waals surface area (Å²) < 4.78 is 0. The van der Waals surface area contributed by atoms with Crippen molar-refractivity contribution in [2.45, 2.75) is 13.8 Å². The highest BCUT2D eigenvalue weighted by atomic mass is 16.1. The monoisotopic (exact) mass is 287 g/mol. The molecule has 0 saturated carbocycles. The lowest BCUT2D eigenvalue weighted by Crippen LogP contribution is -2.37. The zero-order valence-corrected chi connectivity index (χ0v) is 12.6. The molecule has 0 fully saturated rings. The van der Waals surface area contributed by atoms with Gasteiger partial charge in [-0.3, -0.25) is 4.79 Å². The Labute approximate surface area is 124 Å². The number of primary amides is 1. The summed E-state index contributed by atoms with van der Waals surface area (Å²) in [4.78, 5) is 22.2. The fraction of sp³-hybridized carbons (Fsp3) is 0.400. The van der Waals surface area contributed by atoms with E-state index in [9.17, 15) is 4.79 Å². The summed E-state index contributed by atoms with van der Waals surface area (Å²) in [6, 6.07) is 7.75. The van der Waals surface area contributed by atoms with E-state index < -0.39 is 0 Å². The molecule has 0 aliphatic rings. The summed E-state index contributed by atoms with van der Waals surface area (Å²) in [5.74, 6) is 1.28. The van der Waals surface area contributed by atoms with Gasteiger partial charge in [0.2, 0.25) is 11.9 Å². The number of carbonyl (C=O) groups is 1. The molecule has 0 aliphatic carbocycles. The first-order valence-electron chi connectivity index (χ1n) is 6.99. The summed E-state index contributed by atoms with van der Waals surface area (Å²) >= 11 is 0. The van der Waals surface area contributed by atoms with Crippen molar-refractivity contribution in [3.05, 3.63) is 24.3 Å². The average molecular weight is 287 g/mol. The van der Waals surface area contributed by atoms with E-state index in [0.717, 1.165) is 16.7 Å². The zero-order valence-electron chi connectivity index (χ0n) is 12.6. The third kappa shape index (κ3) is 3.59. The fourth-order valence-electron chi connectivity index (χ4n) is 2.27. The van der Waals surface area contributed by atoms with Crippen LogP contribution in [0.25, 0.3) is 10.9 Å². The molecule has 1 aromatic heterocycles. The Hall–Kier alpha value is -2.37. The van der Waals surface area contributed by atoms with E-state index >= 15 is 0 Å². The molecule has 2 aromatic rings. The standard InChI is InChI=1S/C15H21N5O/c1-10(2)8-20(9-13(16)21)14-11-6-4-5-7-12(11)18-15(17-3)19-14/h4-7,10H,8-9H2,1-3H3,(H2,16,21)(H,17,18,19). The number of nitrogens with one attached hydrogen (secondary N) is 1. The van der Waals surface area contributed by atoms with Crippen molar-refractivity contribution >= 4 is 28.6 Å². The summed E-state index contributed by atoms with van der Waals surface area (Å²) in [5.41, 5.74) is 6.22. The van der Waals surface area contributed by atoms with Crippen LogP contribution in [0, 0.1) is 5.92 Å².